The van der Waals surface area contributed by atoms with Crippen LogP contribution in [0.25, 0.3) is 11.1 Å². The van der Waals surface area contributed by atoms with E-state index in [-0.39, 0.29) is 5.92 Å². The summed E-state index contributed by atoms with van der Waals surface area (Å²) in [6, 6.07) is 8.28. The molecule has 0 amide bonds. The zero-order valence-corrected chi connectivity index (χ0v) is 13.6. The number of halogens is 5. The highest BCUT2D eigenvalue weighted by Crippen LogP contribution is 2.38. The second-order valence-electron chi connectivity index (χ2n) is 5.44. The highest BCUT2D eigenvalue weighted by molar-refractivity contribution is 6.30. The summed E-state index contributed by atoms with van der Waals surface area (Å²) in [7, 11) is 0. The minimum Gasteiger partial charge on any atom is -0.206 e. The molecule has 0 aliphatic rings. The van der Waals surface area contributed by atoms with Crippen LogP contribution in [0.2, 0.25) is 5.02 Å². The Morgan fingerprint density at radius 1 is 1.00 bits per heavy atom. The molecule has 0 nitrogen and oxygen atoms in total. The Labute approximate surface area is 138 Å². The zero-order chi connectivity index (χ0) is 17.2. The van der Waals surface area contributed by atoms with Crippen molar-refractivity contribution >= 4 is 11.6 Å². The van der Waals surface area contributed by atoms with E-state index in [1.165, 1.54) is 6.07 Å². The van der Waals surface area contributed by atoms with E-state index in [0.29, 0.717) is 16.1 Å². The lowest BCUT2D eigenvalue weighted by Gasteiger charge is -2.19. The molecule has 0 unspecified atom stereocenters. The van der Waals surface area contributed by atoms with Gasteiger partial charge in [0, 0.05) is 5.02 Å². The van der Waals surface area contributed by atoms with E-state index in [1.54, 1.807) is 12.1 Å². The number of hydrogen-bond donors (Lipinski definition) is 0. The van der Waals surface area contributed by atoms with Gasteiger partial charge in [-0.15, -0.1) is 0 Å². The molecule has 0 radical (unpaired) electrons. The Morgan fingerprint density at radius 3 is 2.22 bits per heavy atom. The average Bonchev–Trinajstić information content (AvgIpc) is 2.49. The van der Waals surface area contributed by atoms with Crippen LogP contribution in [0.1, 0.15) is 43.7 Å². The Hall–Kier alpha value is -1.55. The molecule has 0 atom stereocenters. The molecular formula is C18H17ClF4. The standard InChI is InChI=1S/C18H17ClF4/c1-3-11(4-2)14-7-6-13(19)10-15(14)12-5-8-17(20)16(9-12)18(21,22)23/h5-11H,3-4H2,1-2H3. The van der Waals surface area contributed by atoms with Crippen molar-refractivity contribution in [3.05, 3.63) is 58.4 Å². The van der Waals surface area contributed by atoms with Crippen molar-refractivity contribution in [2.45, 2.75) is 38.8 Å². The zero-order valence-electron chi connectivity index (χ0n) is 12.8. The quantitative estimate of drug-likeness (QED) is 0.520. The normalized spacial score (nSPS) is 12.0. The van der Waals surface area contributed by atoms with E-state index in [1.807, 2.05) is 19.9 Å². The summed E-state index contributed by atoms with van der Waals surface area (Å²) in [5, 5.41) is 0.438. The molecule has 124 valence electrons. The van der Waals surface area contributed by atoms with Crippen LogP contribution in [0.5, 0.6) is 0 Å². The molecule has 0 spiro atoms. The third-order valence-corrected chi connectivity index (χ3v) is 4.26. The largest absolute Gasteiger partial charge is 0.419 e. The van der Waals surface area contributed by atoms with Gasteiger partial charge in [0.2, 0.25) is 0 Å². The maximum atomic E-state index is 13.5. The Balaban J connectivity index is 2.64. The third kappa shape index (κ3) is 3.86. The third-order valence-electron chi connectivity index (χ3n) is 4.02. The van der Waals surface area contributed by atoms with Gasteiger partial charge in [0.25, 0.3) is 0 Å². The van der Waals surface area contributed by atoms with Gasteiger partial charge in [-0.25, -0.2) is 4.39 Å². The molecule has 0 aliphatic carbocycles. The summed E-state index contributed by atoms with van der Waals surface area (Å²) in [4.78, 5) is 0. The van der Waals surface area contributed by atoms with E-state index < -0.39 is 17.6 Å². The average molecular weight is 345 g/mol. The van der Waals surface area contributed by atoms with E-state index in [4.69, 9.17) is 11.6 Å². The lowest BCUT2D eigenvalue weighted by molar-refractivity contribution is -0.139. The van der Waals surface area contributed by atoms with Crippen molar-refractivity contribution in [2.75, 3.05) is 0 Å². The maximum Gasteiger partial charge on any atom is 0.419 e. The van der Waals surface area contributed by atoms with Gasteiger partial charge in [-0.3, -0.25) is 0 Å². The Morgan fingerprint density at radius 2 is 1.65 bits per heavy atom. The summed E-state index contributed by atoms with van der Waals surface area (Å²) in [5.74, 6) is -1.06. The highest BCUT2D eigenvalue weighted by Gasteiger charge is 2.34. The van der Waals surface area contributed by atoms with Crippen LogP contribution in [0.3, 0.4) is 0 Å². The lowest BCUT2D eigenvalue weighted by Crippen LogP contribution is -2.08. The van der Waals surface area contributed by atoms with E-state index in [2.05, 4.69) is 0 Å². The van der Waals surface area contributed by atoms with Crippen LogP contribution < -0.4 is 0 Å². The molecule has 0 N–H and O–H groups in total. The molecule has 0 aromatic heterocycles. The van der Waals surface area contributed by atoms with Crippen molar-refractivity contribution in [3.8, 4) is 11.1 Å². The summed E-state index contributed by atoms with van der Waals surface area (Å²) in [5.41, 5.74) is 0.615. The lowest BCUT2D eigenvalue weighted by atomic mass is 9.87. The van der Waals surface area contributed by atoms with Crippen LogP contribution in [0.15, 0.2) is 36.4 Å². The highest BCUT2D eigenvalue weighted by atomic mass is 35.5. The molecule has 2 aromatic rings. The summed E-state index contributed by atoms with van der Waals surface area (Å²) >= 11 is 6.02. The fourth-order valence-corrected chi connectivity index (χ4v) is 2.95. The first-order chi connectivity index (χ1) is 10.8. The van der Waals surface area contributed by atoms with Gasteiger partial charge in [0.05, 0.1) is 5.56 Å². The SMILES string of the molecule is CCC(CC)c1ccc(Cl)cc1-c1ccc(F)c(C(F)(F)F)c1. The van der Waals surface area contributed by atoms with Crippen LogP contribution >= 0.6 is 11.6 Å². The van der Waals surface area contributed by atoms with Crippen LogP contribution in [-0.4, -0.2) is 0 Å². The molecule has 0 bridgehead atoms. The van der Waals surface area contributed by atoms with Crippen molar-refractivity contribution in [1.29, 1.82) is 0 Å². The van der Waals surface area contributed by atoms with Crippen LogP contribution in [-0.2, 0) is 6.18 Å². The minimum atomic E-state index is -4.73. The number of rotatable bonds is 4. The van der Waals surface area contributed by atoms with Gasteiger partial charge in [-0.2, -0.15) is 13.2 Å². The molecule has 5 heteroatoms. The van der Waals surface area contributed by atoms with Crippen molar-refractivity contribution < 1.29 is 17.6 Å². The summed E-state index contributed by atoms with van der Waals surface area (Å²) in [6.07, 6.45) is -3.01. The van der Waals surface area contributed by atoms with Gasteiger partial charge in [-0.05, 0) is 59.7 Å². The molecule has 23 heavy (non-hydrogen) atoms. The van der Waals surface area contributed by atoms with Gasteiger partial charge in [0.15, 0.2) is 0 Å². The van der Waals surface area contributed by atoms with Gasteiger partial charge < -0.3 is 0 Å². The van der Waals surface area contributed by atoms with Gasteiger partial charge >= 0.3 is 6.18 Å². The molecule has 0 heterocycles. The summed E-state index contributed by atoms with van der Waals surface area (Å²) < 4.78 is 52.4. The molecule has 0 saturated heterocycles. The fraction of sp³-hybridized carbons (Fsp3) is 0.333. The maximum absolute atomic E-state index is 13.5. The predicted molar refractivity (Wildman–Crippen MR) is 85.2 cm³/mol. The van der Waals surface area contributed by atoms with Gasteiger partial charge in [-0.1, -0.05) is 37.6 Å². The monoisotopic (exact) mass is 344 g/mol. The number of benzene rings is 2. The molecular weight excluding hydrogens is 328 g/mol. The molecule has 2 aromatic carbocycles. The van der Waals surface area contributed by atoms with Crippen LogP contribution in [0, 0.1) is 5.82 Å². The molecule has 2 rings (SSSR count). The summed E-state index contributed by atoms with van der Waals surface area (Å²) in [6.45, 7) is 4.05. The fourth-order valence-electron chi connectivity index (χ4n) is 2.77. The Kier molecular flexibility index (Phi) is 5.35. The first-order valence-corrected chi connectivity index (χ1v) is 7.82. The predicted octanol–water partition coefficient (Wildman–Crippen LogP) is 7.07. The molecule has 0 aliphatic heterocycles. The topological polar surface area (TPSA) is 0 Å². The van der Waals surface area contributed by atoms with Crippen LogP contribution in [0.4, 0.5) is 17.6 Å². The number of alkyl halides is 3. The van der Waals surface area contributed by atoms with E-state index in [0.717, 1.165) is 30.5 Å². The van der Waals surface area contributed by atoms with E-state index in [9.17, 15) is 17.6 Å². The van der Waals surface area contributed by atoms with Gasteiger partial charge in [0.1, 0.15) is 5.82 Å². The molecule has 0 fully saturated rings. The minimum absolute atomic E-state index is 0.210. The van der Waals surface area contributed by atoms with Crippen molar-refractivity contribution in [3.63, 3.8) is 0 Å². The second-order valence-corrected chi connectivity index (χ2v) is 5.87. The molecule has 0 saturated carbocycles. The smallest absolute Gasteiger partial charge is 0.206 e. The number of hydrogen-bond acceptors (Lipinski definition) is 0. The van der Waals surface area contributed by atoms with E-state index >= 15 is 0 Å². The van der Waals surface area contributed by atoms with Crippen molar-refractivity contribution in [2.24, 2.45) is 0 Å². The Bertz CT molecular complexity index is 688. The van der Waals surface area contributed by atoms with Crippen molar-refractivity contribution in [1.82, 2.24) is 0 Å². The second kappa shape index (κ2) is 6.91. The first kappa shape index (κ1) is 17.8. The first-order valence-electron chi connectivity index (χ1n) is 7.44.